The molecule has 92 valence electrons. The second-order valence-electron chi connectivity index (χ2n) is 4.32. The first-order valence-electron chi connectivity index (χ1n) is 5.97. The Morgan fingerprint density at radius 3 is 2.69 bits per heavy atom. The topological polar surface area (TPSA) is 29.9 Å². The predicted molar refractivity (Wildman–Crippen MR) is 69.0 cm³/mol. The minimum atomic E-state index is 0.582. The molecule has 0 aliphatic rings. The average molecular weight is 244 g/mol. The molecular formula is C12H22ClN3. The van der Waals surface area contributed by atoms with Gasteiger partial charge in [-0.15, -0.1) is 0 Å². The smallest absolute Gasteiger partial charge is 0.0846 e. The van der Waals surface area contributed by atoms with Crippen LogP contribution in [0.15, 0.2) is 0 Å². The molecule has 0 aromatic carbocycles. The number of hydrogen-bond acceptors (Lipinski definition) is 2. The van der Waals surface area contributed by atoms with Crippen LogP contribution in [0.4, 0.5) is 0 Å². The standard InChI is InChI=1S/C12H22ClN3/c1-5-14-9(2)7-6-8-11-12(13)10(3)15-16(11)4/h9,14H,5-8H2,1-4H3. The van der Waals surface area contributed by atoms with Crippen LogP contribution in [-0.4, -0.2) is 22.4 Å². The lowest BCUT2D eigenvalue weighted by atomic mass is 10.1. The fourth-order valence-electron chi connectivity index (χ4n) is 1.98. The van der Waals surface area contributed by atoms with Gasteiger partial charge in [0.05, 0.1) is 16.4 Å². The Labute approximate surface area is 103 Å². The van der Waals surface area contributed by atoms with Crippen LogP contribution in [0.3, 0.4) is 0 Å². The number of nitrogens with zero attached hydrogens (tertiary/aromatic N) is 2. The van der Waals surface area contributed by atoms with Gasteiger partial charge >= 0.3 is 0 Å². The van der Waals surface area contributed by atoms with Crippen molar-refractivity contribution in [3.8, 4) is 0 Å². The summed E-state index contributed by atoms with van der Waals surface area (Å²) in [6, 6.07) is 0.582. The highest BCUT2D eigenvalue weighted by atomic mass is 35.5. The number of nitrogens with one attached hydrogen (secondary N) is 1. The van der Waals surface area contributed by atoms with E-state index < -0.39 is 0 Å². The van der Waals surface area contributed by atoms with Crippen molar-refractivity contribution in [2.45, 2.75) is 46.1 Å². The van der Waals surface area contributed by atoms with Crippen LogP contribution < -0.4 is 5.32 Å². The monoisotopic (exact) mass is 243 g/mol. The number of halogens is 1. The van der Waals surface area contributed by atoms with Gasteiger partial charge < -0.3 is 5.32 Å². The molecule has 1 unspecified atom stereocenters. The van der Waals surface area contributed by atoms with Gasteiger partial charge in [0.1, 0.15) is 0 Å². The highest BCUT2D eigenvalue weighted by Crippen LogP contribution is 2.21. The molecule has 1 N–H and O–H groups in total. The molecule has 0 spiro atoms. The quantitative estimate of drug-likeness (QED) is 0.833. The molecular weight excluding hydrogens is 222 g/mol. The van der Waals surface area contributed by atoms with Gasteiger partial charge in [-0.1, -0.05) is 18.5 Å². The first-order chi connectivity index (χ1) is 7.56. The van der Waals surface area contributed by atoms with Crippen LogP contribution in [0.2, 0.25) is 5.02 Å². The summed E-state index contributed by atoms with van der Waals surface area (Å²) in [6.45, 7) is 7.34. The lowest BCUT2D eigenvalue weighted by molar-refractivity contribution is 0.507. The van der Waals surface area contributed by atoms with Crippen molar-refractivity contribution >= 4 is 11.6 Å². The largest absolute Gasteiger partial charge is 0.315 e. The van der Waals surface area contributed by atoms with Gasteiger partial charge in [-0.3, -0.25) is 4.68 Å². The molecule has 0 radical (unpaired) electrons. The van der Waals surface area contributed by atoms with E-state index >= 15 is 0 Å². The molecule has 16 heavy (non-hydrogen) atoms. The van der Waals surface area contributed by atoms with Crippen molar-refractivity contribution in [3.63, 3.8) is 0 Å². The highest BCUT2D eigenvalue weighted by molar-refractivity contribution is 6.31. The van der Waals surface area contributed by atoms with Crippen LogP contribution in [0.25, 0.3) is 0 Å². The van der Waals surface area contributed by atoms with Crippen molar-refractivity contribution < 1.29 is 0 Å². The maximum Gasteiger partial charge on any atom is 0.0846 e. The second kappa shape index (κ2) is 6.26. The van der Waals surface area contributed by atoms with Crippen molar-refractivity contribution in [3.05, 3.63) is 16.4 Å². The zero-order valence-corrected chi connectivity index (χ0v) is 11.4. The Bertz CT molecular complexity index is 333. The van der Waals surface area contributed by atoms with E-state index in [9.17, 15) is 0 Å². The van der Waals surface area contributed by atoms with E-state index in [0.717, 1.165) is 35.8 Å². The fraction of sp³-hybridized carbons (Fsp3) is 0.750. The Kier molecular flexibility index (Phi) is 5.29. The normalized spacial score (nSPS) is 13.1. The molecule has 1 aromatic heterocycles. The number of aromatic nitrogens is 2. The maximum atomic E-state index is 6.19. The predicted octanol–water partition coefficient (Wildman–Crippen LogP) is 2.70. The Hall–Kier alpha value is -0.540. The summed E-state index contributed by atoms with van der Waals surface area (Å²) in [7, 11) is 1.96. The fourth-order valence-corrected chi connectivity index (χ4v) is 2.23. The molecule has 0 amide bonds. The van der Waals surface area contributed by atoms with Gasteiger partial charge in [-0.2, -0.15) is 5.10 Å². The summed E-state index contributed by atoms with van der Waals surface area (Å²) in [5.41, 5.74) is 2.08. The van der Waals surface area contributed by atoms with E-state index in [1.54, 1.807) is 0 Å². The van der Waals surface area contributed by atoms with Gasteiger partial charge in [0.25, 0.3) is 0 Å². The number of aryl methyl sites for hydroxylation is 2. The van der Waals surface area contributed by atoms with E-state index in [1.807, 2.05) is 18.7 Å². The van der Waals surface area contributed by atoms with Crippen molar-refractivity contribution in [2.24, 2.45) is 7.05 Å². The summed E-state index contributed by atoms with van der Waals surface area (Å²) in [5, 5.41) is 8.56. The van der Waals surface area contributed by atoms with Crippen molar-refractivity contribution in [1.82, 2.24) is 15.1 Å². The molecule has 1 atom stereocenters. The van der Waals surface area contributed by atoms with Crippen molar-refractivity contribution in [1.29, 1.82) is 0 Å². The first-order valence-corrected chi connectivity index (χ1v) is 6.35. The molecule has 3 nitrogen and oxygen atoms in total. The minimum absolute atomic E-state index is 0.582. The molecule has 0 saturated heterocycles. The molecule has 0 aliphatic heterocycles. The molecule has 1 heterocycles. The van der Waals surface area contributed by atoms with E-state index in [0.29, 0.717) is 6.04 Å². The second-order valence-corrected chi connectivity index (χ2v) is 4.70. The van der Waals surface area contributed by atoms with E-state index in [2.05, 4.69) is 24.3 Å². The zero-order valence-electron chi connectivity index (χ0n) is 10.7. The van der Waals surface area contributed by atoms with Crippen LogP contribution in [0.1, 0.15) is 38.1 Å². The third-order valence-corrected chi connectivity index (χ3v) is 3.36. The Balaban J connectivity index is 2.43. The van der Waals surface area contributed by atoms with Gasteiger partial charge in [0.2, 0.25) is 0 Å². The van der Waals surface area contributed by atoms with E-state index in [1.165, 1.54) is 6.42 Å². The Morgan fingerprint density at radius 2 is 2.19 bits per heavy atom. The Morgan fingerprint density at radius 1 is 1.50 bits per heavy atom. The lowest BCUT2D eigenvalue weighted by Crippen LogP contribution is -2.25. The van der Waals surface area contributed by atoms with Gasteiger partial charge in [-0.25, -0.2) is 0 Å². The van der Waals surface area contributed by atoms with E-state index in [-0.39, 0.29) is 0 Å². The SMILES string of the molecule is CCNC(C)CCCc1c(Cl)c(C)nn1C. The number of hydrogen-bond donors (Lipinski definition) is 1. The highest BCUT2D eigenvalue weighted by Gasteiger charge is 2.10. The van der Waals surface area contributed by atoms with Crippen LogP contribution in [-0.2, 0) is 13.5 Å². The maximum absolute atomic E-state index is 6.19. The first kappa shape index (κ1) is 13.5. The summed E-state index contributed by atoms with van der Waals surface area (Å²) >= 11 is 6.19. The molecule has 1 rings (SSSR count). The zero-order chi connectivity index (χ0) is 12.1. The molecule has 0 fully saturated rings. The lowest BCUT2D eigenvalue weighted by Gasteiger charge is -2.11. The summed E-state index contributed by atoms with van der Waals surface area (Å²) in [5.74, 6) is 0. The van der Waals surface area contributed by atoms with E-state index in [4.69, 9.17) is 11.6 Å². The van der Waals surface area contributed by atoms with Gasteiger partial charge in [0.15, 0.2) is 0 Å². The average Bonchev–Trinajstić information content (AvgIpc) is 2.45. The number of rotatable bonds is 6. The molecule has 0 bridgehead atoms. The molecule has 1 aromatic rings. The van der Waals surface area contributed by atoms with Crippen LogP contribution in [0, 0.1) is 6.92 Å². The van der Waals surface area contributed by atoms with Gasteiger partial charge in [-0.05, 0) is 39.7 Å². The molecule has 0 aliphatic carbocycles. The summed E-state index contributed by atoms with van der Waals surface area (Å²) in [4.78, 5) is 0. The molecule has 4 heteroatoms. The van der Waals surface area contributed by atoms with Crippen LogP contribution >= 0.6 is 11.6 Å². The summed E-state index contributed by atoms with van der Waals surface area (Å²) in [6.07, 6.45) is 3.33. The van der Waals surface area contributed by atoms with Gasteiger partial charge in [0, 0.05) is 13.1 Å². The van der Waals surface area contributed by atoms with Crippen LogP contribution in [0.5, 0.6) is 0 Å². The third kappa shape index (κ3) is 3.49. The third-order valence-electron chi connectivity index (χ3n) is 2.86. The minimum Gasteiger partial charge on any atom is -0.315 e. The van der Waals surface area contributed by atoms with Crippen molar-refractivity contribution in [2.75, 3.05) is 6.54 Å². The molecule has 0 saturated carbocycles. The summed E-state index contributed by atoms with van der Waals surface area (Å²) < 4.78 is 1.90.